The first-order valence-electron chi connectivity index (χ1n) is 7.37. The topological polar surface area (TPSA) is 57.0 Å². The van der Waals surface area contributed by atoms with Gasteiger partial charge in [-0.25, -0.2) is 9.97 Å². The Balaban J connectivity index is 1.95. The second-order valence-electron chi connectivity index (χ2n) is 5.10. The van der Waals surface area contributed by atoms with E-state index >= 15 is 0 Å². The maximum atomic E-state index is 12.4. The van der Waals surface area contributed by atoms with Crippen molar-refractivity contribution in [3.05, 3.63) is 59.5 Å². The van der Waals surface area contributed by atoms with Crippen LogP contribution in [-0.2, 0) is 16.1 Å². The predicted octanol–water partition coefficient (Wildman–Crippen LogP) is 3.43. The normalized spacial score (nSPS) is 12.3. The molecular formula is C17H16ClN3O2. The van der Waals surface area contributed by atoms with Crippen molar-refractivity contribution in [3.8, 4) is 0 Å². The molecule has 3 rings (SSSR count). The molecule has 2 heterocycles. The Morgan fingerprint density at radius 3 is 2.78 bits per heavy atom. The number of carbonyl (C=O) groups excluding carboxylic acids is 1. The summed E-state index contributed by atoms with van der Waals surface area (Å²) in [5.41, 5.74) is 2.40. The Morgan fingerprint density at radius 1 is 1.26 bits per heavy atom. The number of esters is 1. The molecule has 0 aliphatic heterocycles. The first kappa shape index (κ1) is 15.5. The number of ether oxygens (including phenoxy) is 1. The molecule has 0 amide bonds. The lowest BCUT2D eigenvalue weighted by atomic mass is 9.99. The van der Waals surface area contributed by atoms with Crippen LogP contribution < -0.4 is 0 Å². The second kappa shape index (κ2) is 6.79. The van der Waals surface area contributed by atoms with Crippen LogP contribution in [0.4, 0.5) is 0 Å². The molecule has 0 saturated carbocycles. The number of hydrogen-bond donors (Lipinski definition) is 0. The Labute approximate surface area is 138 Å². The second-order valence-corrected chi connectivity index (χ2v) is 5.54. The highest BCUT2D eigenvalue weighted by atomic mass is 35.5. The van der Waals surface area contributed by atoms with Crippen molar-refractivity contribution in [2.24, 2.45) is 0 Å². The van der Waals surface area contributed by atoms with Gasteiger partial charge in [-0.1, -0.05) is 23.7 Å². The molecule has 0 aliphatic rings. The van der Waals surface area contributed by atoms with Crippen LogP contribution in [0.15, 0.2) is 48.9 Å². The molecule has 2 aromatic heterocycles. The predicted molar refractivity (Wildman–Crippen MR) is 88.4 cm³/mol. The van der Waals surface area contributed by atoms with Crippen LogP contribution in [0.5, 0.6) is 0 Å². The molecule has 1 atom stereocenters. The first-order valence-corrected chi connectivity index (χ1v) is 7.74. The van der Waals surface area contributed by atoms with E-state index in [4.69, 9.17) is 16.3 Å². The quantitative estimate of drug-likeness (QED) is 0.673. The number of imidazole rings is 1. The minimum atomic E-state index is -0.438. The summed E-state index contributed by atoms with van der Waals surface area (Å²) in [6.07, 6.45) is 3.40. The third kappa shape index (κ3) is 3.35. The fourth-order valence-corrected chi connectivity index (χ4v) is 2.61. The Morgan fingerprint density at radius 2 is 2.04 bits per heavy atom. The molecule has 0 saturated heterocycles. The minimum Gasteiger partial charge on any atom is -0.465 e. The van der Waals surface area contributed by atoms with E-state index in [0.717, 1.165) is 16.7 Å². The molecule has 3 aromatic rings. The Hall–Kier alpha value is -2.40. The van der Waals surface area contributed by atoms with E-state index in [1.165, 1.54) is 0 Å². The van der Waals surface area contributed by atoms with Gasteiger partial charge in [0.2, 0.25) is 0 Å². The van der Waals surface area contributed by atoms with Crippen molar-refractivity contribution in [1.29, 1.82) is 0 Å². The molecule has 0 bridgehead atoms. The molecule has 23 heavy (non-hydrogen) atoms. The highest BCUT2D eigenvalue weighted by Crippen LogP contribution is 2.23. The van der Waals surface area contributed by atoms with Crippen molar-refractivity contribution in [2.75, 3.05) is 6.61 Å². The summed E-state index contributed by atoms with van der Waals surface area (Å²) in [6, 6.07) is 11.0. The molecule has 0 aliphatic carbocycles. The molecule has 0 radical (unpaired) electrons. The molecule has 5 nitrogen and oxygen atoms in total. The smallest absolute Gasteiger partial charge is 0.315 e. The van der Waals surface area contributed by atoms with Gasteiger partial charge < -0.3 is 9.30 Å². The molecule has 0 N–H and O–H groups in total. The summed E-state index contributed by atoms with van der Waals surface area (Å²) in [6.45, 7) is 2.55. The van der Waals surface area contributed by atoms with Gasteiger partial charge in [-0.3, -0.25) is 4.79 Å². The summed E-state index contributed by atoms with van der Waals surface area (Å²) in [5, 5.41) is 0.631. The van der Waals surface area contributed by atoms with E-state index in [9.17, 15) is 4.79 Å². The lowest BCUT2D eigenvalue weighted by molar-refractivity contribution is -0.145. The fraction of sp³-hybridized carbons (Fsp3) is 0.235. The summed E-state index contributed by atoms with van der Waals surface area (Å²) >= 11 is 5.94. The maximum Gasteiger partial charge on any atom is 0.315 e. The van der Waals surface area contributed by atoms with Gasteiger partial charge in [0, 0.05) is 17.8 Å². The molecule has 0 spiro atoms. The number of halogens is 1. The number of hydrogen-bond acceptors (Lipinski definition) is 4. The highest BCUT2D eigenvalue weighted by Gasteiger charge is 2.23. The van der Waals surface area contributed by atoms with E-state index in [0.29, 0.717) is 18.2 Å². The van der Waals surface area contributed by atoms with Crippen molar-refractivity contribution in [1.82, 2.24) is 14.5 Å². The number of aromatic nitrogens is 3. The van der Waals surface area contributed by atoms with Crippen LogP contribution in [-0.4, -0.2) is 27.1 Å². The molecule has 0 fully saturated rings. The Bertz CT molecular complexity index is 814. The van der Waals surface area contributed by atoms with Gasteiger partial charge in [-0.05, 0) is 36.8 Å². The van der Waals surface area contributed by atoms with E-state index in [1.807, 2.05) is 28.8 Å². The Kier molecular flexibility index (Phi) is 4.57. The zero-order valence-electron chi connectivity index (χ0n) is 12.6. The summed E-state index contributed by atoms with van der Waals surface area (Å²) < 4.78 is 7.09. The molecular weight excluding hydrogens is 314 g/mol. The lowest BCUT2D eigenvalue weighted by Crippen LogP contribution is -2.21. The molecule has 1 aromatic carbocycles. The summed E-state index contributed by atoms with van der Waals surface area (Å²) in [5.74, 6) is -0.709. The van der Waals surface area contributed by atoms with E-state index < -0.39 is 5.92 Å². The SMILES string of the molecule is CCOC(=O)C(Cn1cnc2cccnc21)c1ccc(Cl)cc1. The van der Waals surface area contributed by atoms with Crippen LogP contribution in [0.2, 0.25) is 5.02 Å². The number of carbonyl (C=O) groups is 1. The monoisotopic (exact) mass is 329 g/mol. The van der Waals surface area contributed by atoms with Crippen LogP contribution in [0.25, 0.3) is 11.2 Å². The van der Waals surface area contributed by atoms with Crippen LogP contribution in [0, 0.1) is 0 Å². The van der Waals surface area contributed by atoms with E-state index in [1.54, 1.807) is 31.6 Å². The average molecular weight is 330 g/mol. The van der Waals surface area contributed by atoms with Crippen LogP contribution in [0.3, 0.4) is 0 Å². The zero-order chi connectivity index (χ0) is 16.2. The third-order valence-corrected chi connectivity index (χ3v) is 3.85. The number of nitrogens with zero attached hydrogens (tertiary/aromatic N) is 3. The zero-order valence-corrected chi connectivity index (χ0v) is 13.4. The summed E-state index contributed by atoms with van der Waals surface area (Å²) in [4.78, 5) is 21.0. The van der Waals surface area contributed by atoms with Crippen molar-refractivity contribution < 1.29 is 9.53 Å². The number of rotatable bonds is 5. The third-order valence-electron chi connectivity index (χ3n) is 3.60. The lowest BCUT2D eigenvalue weighted by Gasteiger charge is -2.17. The standard InChI is InChI=1S/C17H16ClN3O2/c1-2-23-17(22)14(12-5-7-13(18)8-6-12)10-21-11-20-15-4-3-9-19-16(15)21/h3-9,11,14H,2,10H2,1H3. The van der Waals surface area contributed by atoms with Gasteiger partial charge in [-0.2, -0.15) is 0 Å². The molecule has 6 heteroatoms. The van der Waals surface area contributed by atoms with Crippen LogP contribution >= 0.6 is 11.6 Å². The minimum absolute atomic E-state index is 0.271. The van der Waals surface area contributed by atoms with Gasteiger partial charge in [0.1, 0.15) is 5.52 Å². The van der Waals surface area contributed by atoms with Crippen molar-refractivity contribution in [3.63, 3.8) is 0 Å². The van der Waals surface area contributed by atoms with Crippen molar-refractivity contribution in [2.45, 2.75) is 19.4 Å². The summed E-state index contributed by atoms with van der Waals surface area (Å²) in [7, 11) is 0. The van der Waals surface area contributed by atoms with Gasteiger partial charge in [0.15, 0.2) is 5.65 Å². The average Bonchev–Trinajstić information content (AvgIpc) is 2.97. The van der Waals surface area contributed by atoms with Gasteiger partial charge in [0.05, 0.1) is 18.9 Å². The highest BCUT2D eigenvalue weighted by molar-refractivity contribution is 6.30. The number of pyridine rings is 1. The number of benzene rings is 1. The van der Waals surface area contributed by atoms with Gasteiger partial charge >= 0.3 is 5.97 Å². The largest absolute Gasteiger partial charge is 0.465 e. The van der Waals surface area contributed by atoms with Gasteiger partial charge in [0.25, 0.3) is 0 Å². The first-order chi connectivity index (χ1) is 11.2. The number of fused-ring (bicyclic) bond motifs is 1. The van der Waals surface area contributed by atoms with Gasteiger partial charge in [-0.15, -0.1) is 0 Å². The van der Waals surface area contributed by atoms with Crippen molar-refractivity contribution >= 4 is 28.7 Å². The van der Waals surface area contributed by atoms with E-state index in [-0.39, 0.29) is 5.97 Å². The molecule has 1 unspecified atom stereocenters. The fourth-order valence-electron chi connectivity index (χ4n) is 2.48. The maximum absolute atomic E-state index is 12.4. The molecule has 118 valence electrons. The van der Waals surface area contributed by atoms with Crippen LogP contribution in [0.1, 0.15) is 18.4 Å². The van der Waals surface area contributed by atoms with E-state index in [2.05, 4.69) is 9.97 Å².